The lowest BCUT2D eigenvalue weighted by Gasteiger charge is -2.47. The predicted molar refractivity (Wildman–Crippen MR) is 131 cm³/mol. The molecule has 14 atom stereocenters. The molecule has 3 fully saturated rings. The van der Waals surface area contributed by atoms with Gasteiger partial charge in [0.15, 0.2) is 18.9 Å². The first-order valence-corrected chi connectivity index (χ1v) is 13.2. The standard InChI is InChI=1S/C24H44O17/c1-31-6-13-11(38-24-21(34-4)17(27)16(26)14(40-24)8-35-9-25)5-12(36-10-33-3)23(39-13)41-20-15(7-32-2)37-22(30)19(29)18(20)28/h11-30H,5-10H2,1-4H3. The molecule has 0 aromatic rings. The van der Waals surface area contributed by atoms with Crippen LogP contribution in [0.2, 0.25) is 0 Å². The fourth-order valence-electron chi connectivity index (χ4n) is 5.00. The minimum Gasteiger partial charge on any atom is -0.387 e. The molecular formula is C24H44O17. The first-order chi connectivity index (χ1) is 19.7. The molecule has 3 rings (SSSR count). The Morgan fingerprint density at radius 2 is 1.29 bits per heavy atom. The van der Waals surface area contributed by atoms with Crippen LogP contribution in [0.15, 0.2) is 0 Å². The fourth-order valence-corrected chi connectivity index (χ4v) is 5.00. The summed E-state index contributed by atoms with van der Waals surface area (Å²) < 4.78 is 61.3. The molecule has 3 heterocycles. The quantitative estimate of drug-likeness (QED) is 0.0981. The fraction of sp³-hybridized carbons (Fsp3) is 1.00. The van der Waals surface area contributed by atoms with E-state index in [0.717, 1.165) is 0 Å². The average molecular weight is 605 g/mol. The lowest BCUT2D eigenvalue weighted by atomic mass is 9.97. The Hall–Kier alpha value is -0.680. The second kappa shape index (κ2) is 17.0. The van der Waals surface area contributed by atoms with Gasteiger partial charge >= 0.3 is 0 Å². The SMILES string of the molecule is COCOC1CC(OC2OC(COCO)C(O)C(O)C2OC)C(COC)OC1OC1C(COC)OC(O)C(O)C1O. The first kappa shape index (κ1) is 34.8. The molecule has 14 unspecified atom stereocenters. The van der Waals surface area contributed by atoms with Gasteiger partial charge in [-0.2, -0.15) is 0 Å². The van der Waals surface area contributed by atoms with Crippen molar-refractivity contribution < 1.29 is 82.7 Å². The van der Waals surface area contributed by atoms with Gasteiger partial charge in [0.2, 0.25) is 0 Å². The Labute approximate surface area is 237 Å². The van der Waals surface area contributed by atoms with E-state index in [4.69, 9.17) is 57.2 Å². The number of hydrogen-bond donors (Lipinski definition) is 6. The van der Waals surface area contributed by atoms with Gasteiger partial charge in [-0.1, -0.05) is 0 Å². The van der Waals surface area contributed by atoms with Crippen molar-refractivity contribution in [3.05, 3.63) is 0 Å². The van der Waals surface area contributed by atoms with Crippen LogP contribution in [0, 0.1) is 0 Å². The van der Waals surface area contributed by atoms with Crippen LogP contribution in [0.1, 0.15) is 6.42 Å². The lowest BCUT2D eigenvalue weighted by Crippen LogP contribution is -2.63. The molecule has 3 saturated heterocycles. The van der Waals surface area contributed by atoms with Gasteiger partial charge in [-0.05, 0) is 0 Å². The van der Waals surface area contributed by atoms with Gasteiger partial charge < -0.3 is 82.7 Å². The van der Waals surface area contributed by atoms with Gasteiger partial charge in [-0.3, -0.25) is 0 Å². The van der Waals surface area contributed by atoms with Crippen molar-refractivity contribution in [1.82, 2.24) is 0 Å². The summed E-state index contributed by atoms with van der Waals surface area (Å²) in [6.45, 7) is -1.05. The van der Waals surface area contributed by atoms with Crippen molar-refractivity contribution in [3.63, 3.8) is 0 Å². The molecule has 3 aliphatic rings. The molecule has 0 saturated carbocycles. The molecule has 0 aromatic carbocycles. The van der Waals surface area contributed by atoms with Gasteiger partial charge in [0, 0.05) is 34.9 Å². The van der Waals surface area contributed by atoms with E-state index in [0.29, 0.717) is 0 Å². The van der Waals surface area contributed by atoms with Crippen LogP contribution in [0.4, 0.5) is 0 Å². The van der Waals surface area contributed by atoms with Crippen molar-refractivity contribution in [1.29, 1.82) is 0 Å². The maximum Gasteiger partial charge on any atom is 0.187 e. The molecule has 242 valence electrons. The van der Waals surface area contributed by atoms with Gasteiger partial charge in [0.25, 0.3) is 0 Å². The highest BCUT2D eigenvalue weighted by Gasteiger charge is 2.51. The molecule has 0 aromatic heterocycles. The third-order valence-corrected chi connectivity index (χ3v) is 7.10. The zero-order chi connectivity index (χ0) is 30.1. The Morgan fingerprint density at radius 1 is 0.634 bits per heavy atom. The largest absolute Gasteiger partial charge is 0.387 e. The average Bonchev–Trinajstić information content (AvgIpc) is 2.95. The molecule has 0 radical (unpaired) electrons. The summed E-state index contributed by atoms with van der Waals surface area (Å²) in [5.74, 6) is 0. The van der Waals surface area contributed by atoms with E-state index in [9.17, 15) is 25.5 Å². The minimum atomic E-state index is -1.65. The minimum absolute atomic E-state index is 0.0146. The second-order valence-electron chi connectivity index (χ2n) is 9.85. The van der Waals surface area contributed by atoms with E-state index >= 15 is 0 Å². The van der Waals surface area contributed by atoms with E-state index in [1.807, 2.05) is 0 Å². The van der Waals surface area contributed by atoms with Gasteiger partial charge in [-0.15, -0.1) is 0 Å². The summed E-state index contributed by atoms with van der Waals surface area (Å²) in [4.78, 5) is 0. The number of rotatable bonds is 15. The Balaban J connectivity index is 1.80. The van der Waals surface area contributed by atoms with Crippen molar-refractivity contribution >= 4 is 0 Å². The topological polar surface area (TPSA) is 223 Å². The van der Waals surface area contributed by atoms with Crippen LogP contribution in [0.3, 0.4) is 0 Å². The molecule has 0 amide bonds. The van der Waals surface area contributed by atoms with Gasteiger partial charge in [0.05, 0.1) is 25.9 Å². The van der Waals surface area contributed by atoms with E-state index in [1.165, 1.54) is 28.4 Å². The third kappa shape index (κ3) is 8.70. The van der Waals surface area contributed by atoms with Crippen molar-refractivity contribution in [2.75, 3.05) is 61.8 Å². The van der Waals surface area contributed by atoms with E-state index in [1.54, 1.807) is 0 Å². The zero-order valence-electron chi connectivity index (χ0n) is 23.5. The lowest BCUT2D eigenvalue weighted by molar-refractivity contribution is -0.370. The van der Waals surface area contributed by atoms with Crippen LogP contribution < -0.4 is 0 Å². The summed E-state index contributed by atoms with van der Waals surface area (Å²) in [5, 5.41) is 60.9. The van der Waals surface area contributed by atoms with E-state index < -0.39 is 92.8 Å². The summed E-state index contributed by atoms with van der Waals surface area (Å²) in [6, 6.07) is 0. The summed E-state index contributed by atoms with van der Waals surface area (Å²) in [7, 11) is 5.60. The number of aliphatic hydroxyl groups excluding tert-OH is 6. The highest BCUT2D eigenvalue weighted by Crippen LogP contribution is 2.33. The molecule has 17 nitrogen and oxygen atoms in total. The molecular weight excluding hydrogens is 560 g/mol. The van der Waals surface area contributed by atoms with Crippen LogP contribution in [-0.4, -0.2) is 178 Å². The number of ether oxygens (including phenoxy) is 11. The normalized spacial score (nSPS) is 43.8. The maximum atomic E-state index is 10.7. The highest BCUT2D eigenvalue weighted by atomic mass is 16.8. The Morgan fingerprint density at radius 3 is 1.93 bits per heavy atom. The maximum absolute atomic E-state index is 10.7. The highest BCUT2D eigenvalue weighted by molar-refractivity contribution is 4.94. The Kier molecular flexibility index (Phi) is 14.4. The molecule has 17 heteroatoms. The smallest absolute Gasteiger partial charge is 0.187 e. The monoisotopic (exact) mass is 604 g/mol. The molecule has 41 heavy (non-hydrogen) atoms. The molecule has 0 aliphatic carbocycles. The number of aliphatic hydroxyl groups is 6. The van der Waals surface area contributed by atoms with Crippen LogP contribution in [0.5, 0.6) is 0 Å². The van der Waals surface area contributed by atoms with E-state index in [2.05, 4.69) is 0 Å². The number of methoxy groups -OCH3 is 4. The third-order valence-electron chi connectivity index (χ3n) is 7.10. The van der Waals surface area contributed by atoms with Gasteiger partial charge in [-0.25, -0.2) is 0 Å². The van der Waals surface area contributed by atoms with Crippen LogP contribution >= 0.6 is 0 Å². The number of hydrogen-bond acceptors (Lipinski definition) is 17. The van der Waals surface area contributed by atoms with E-state index in [-0.39, 0.29) is 33.0 Å². The summed E-state index contributed by atoms with van der Waals surface area (Å²) in [6.07, 6.45) is -16.6. The molecule has 6 N–H and O–H groups in total. The van der Waals surface area contributed by atoms with Crippen molar-refractivity contribution in [2.45, 2.75) is 92.4 Å². The summed E-state index contributed by atoms with van der Waals surface area (Å²) in [5.41, 5.74) is 0. The zero-order valence-corrected chi connectivity index (χ0v) is 23.5. The van der Waals surface area contributed by atoms with Crippen molar-refractivity contribution in [3.8, 4) is 0 Å². The molecule has 0 spiro atoms. The van der Waals surface area contributed by atoms with Gasteiger partial charge in [0.1, 0.15) is 74.6 Å². The first-order valence-electron chi connectivity index (χ1n) is 13.2. The summed E-state index contributed by atoms with van der Waals surface area (Å²) >= 11 is 0. The van der Waals surface area contributed by atoms with Crippen molar-refractivity contribution in [2.24, 2.45) is 0 Å². The van der Waals surface area contributed by atoms with Crippen LogP contribution in [-0.2, 0) is 52.1 Å². The Bertz CT molecular complexity index is 734. The second-order valence-corrected chi connectivity index (χ2v) is 9.85. The predicted octanol–water partition coefficient (Wildman–Crippen LogP) is -3.98. The molecule has 3 aliphatic heterocycles. The van der Waals surface area contributed by atoms with Crippen LogP contribution in [0.25, 0.3) is 0 Å². The molecule has 0 bridgehead atoms.